The molecule has 0 aliphatic rings. The average Bonchev–Trinajstić information content (AvgIpc) is 3.20. The van der Waals surface area contributed by atoms with Gasteiger partial charge in [0.15, 0.2) is 5.82 Å². The van der Waals surface area contributed by atoms with Crippen molar-refractivity contribution < 1.29 is 5.11 Å². The highest BCUT2D eigenvalue weighted by Crippen LogP contribution is 2.28. The molecule has 0 spiro atoms. The summed E-state index contributed by atoms with van der Waals surface area (Å²) in [7, 11) is 0. The number of aromatic nitrogens is 5. The second-order valence-corrected chi connectivity index (χ2v) is 8.45. The molecule has 1 aromatic carbocycles. The first-order valence-electron chi connectivity index (χ1n) is 10.6. The Morgan fingerprint density at radius 3 is 2.70 bits per heavy atom. The van der Waals surface area contributed by atoms with Gasteiger partial charge in [0.05, 0.1) is 18.2 Å². The van der Waals surface area contributed by atoms with Gasteiger partial charge in [0.1, 0.15) is 0 Å². The maximum absolute atomic E-state index is 12.7. The standard InChI is InChI=1S/C22H32N6O2/c1-6-19(20-24-25-26-28(20)22(4,5)7-2)27(10-11-29)14-17-13-16-12-15(3)8-9-18(16)23-21(17)30/h8-9,12-13,19,29H,6-7,10-11,14H2,1-5H3,(H,23,30). The molecule has 0 saturated heterocycles. The molecule has 0 bridgehead atoms. The van der Waals surface area contributed by atoms with Crippen LogP contribution in [0.15, 0.2) is 29.1 Å². The number of nitrogens with zero attached hydrogens (tertiary/aromatic N) is 5. The van der Waals surface area contributed by atoms with E-state index in [0.717, 1.165) is 35.1 Å². The number of rotatable bonds is 9. The third-order valence-corrected chi connectivity index (χ3v) is 5.90. The molecule has 3 aromatic rings. The Balaban J connectivity index is 2.00. The number of aliphatic hydroxyl groups is 1. The summed E-state index contributed by atoms with van der Waals surface area (Å²) in [5, 5.41) is 23.2. The molecule has 8 heteroatoms. The van der Waals surface area contributed by atoms with Crippen LogP contribution in [-0.4, -0.2) is 48.3 Å². The summed E-state index contributed by atoms with van der Waals surface area (Å²) >= 11 is 0. The third kappa shape index (κ3) is 4.44. The van der Waals surface area contributed by atoms with Crippen molar-refractivity contribution in [1.29, 1.82) is 0 Å². The molecule has 1 unspecified atom stereocenters. The molecule has 2 heterocycles. The van der Waals surface area contributed by atoms with Crippen molar-refractivity contribution >= 4 is 10.9 Å². The summed E-state index contributed by atoms with van der Waals surface area (Å²) in [6, 6.07) is 7.80. The average molecular weight is 413 g/mol. The van der Waals surface area contributed by atoms with E-state index in [2.05, 4.69) is 59.2 Å². The van der Waals surface area contributed by atoms with Gasteiger partial charge in [-0.1, -0.05) is 25.5 Å². The number of hydrogen-bond acceptors (Lipinski definition) is 6. The van der Waals surface area contributed by atoms with Crippen molar-refractivity contribution in [3.05, 3.63) is 51.6 Å². The maximum atomic E-state index is 12.7. The van der Waals surface area contributed by atoms with Crippen LogP contribution < -0.4 is 5.56 Å². The van der Waals surface area contributed by atoms with E-state index in [1.807, 2.05) is 29.8 Å². The van der Waals surface area contributed by atoms with Crippen LogP contribution in [0.2, 0.25) is 0 Å². The Morgan fingerprint density at radius 1 is 1.27 bits per heavy atom. The molecule has 0 aliphatic carbocycles. The fourth-order valence-electron chi connectivity index (χ4n) is 3.77. The number of aliphatic hydroxyl groups excluding tert-OH is 1. The zero-order chi connectivity index (χ0) is 21.9. The van der Waals surface area contributed by atoms with E-state index < -0.39 is 0 Å². The second-order valence-electron chi connectivity index (χ2n) is 8.45. The number of tetrazole rings is 1. The molecule has 0 fully saturated rings. The zero-order valence-corrected chi connectivity index (χ0v) is 18.5. The van der Waals surface area contributed by atoms with Gasteiger partial charge >= 0.3 is 0 Å². The lowest BCUT2D eigenvalue weighted by molar-refractivity contribution is 0.125. The molecular formula is C22H32N6O2. The summed E-state index contributed by atoms with van der Waals surface area (Å²) in [6.07, 6.45) is 1.63. The Kier molecular flexibility index (Phi) is 6.67. The van der Waals surface area contributed by atoms with Crippen molar-refractivity contribution in [3.8, 4) is 0 Å². The van der Waals surface area contributed by atoms with Gasteiger partial charge in [-0.3, -0.25) is 9.69 Å². The van der Waals surface area contributed by atoms with Gasteiger partial charge in [-0.2, -0.15) is 0 Å². The third-order valence-electron chi connectivity index (χ3n) is 5.90. The predicted octanol–water partition coefficient (Wildman–Crippen LogP) is 2.91. The number of pyridine rings is 1. The van der Waals surface area contributed by atoms with Crippen LogP contribution in [-0.2, 0) is 12.1 Å². The van der Waals surface area contributed by atoms with Crippen LogP contribution in [0, 0.1) is 6.92 Å². The van der Waals surface area contributed by atoms with E-state index in [0.29, 0.717) is 18.7 Å². The summed E-state index contributed by atoms with van der Waals surface area (Å²) in [5.41, 5.74) is 2.28. The molecule has 30 heavy (non-hydrogen) atoms. The highest BCUT2D eigenvalue weighted by molar-refractivity contribution is 5.79. The second kappa shape index (κ2) is 9.06. The molecule has 8 nitrogen and oxygen atoms in total. The molecule has 0 aliphatic heterocycles. The number of aryl methyl sites for hydroxylation is 1. The molecule has 0 radical (unpaired) electrons. The highest BCUT2D eigenvalue weighted by Gasteiger charge is 2.30. The van der Waals surface area contributed by atoms with E-state index >= 15 is 0 Å². The van der Waals surface area contributed by atoms with Gasteiger partial charge in [0.25, 0.3) is 5.56 Å². The van der Waals surface area contributed by atoms with E-state index in [-0.39, 0.29) is 23.7 Å². The molecular weight excluding hydrogens is 380 g/mol. The summed E-state index contributed by atoms with van der Waals surface area (Å²) < 4.78 is 1.87. The van der Waals surface area contributed by atoms with Crippen molar-refractivity contribution in [3.63, 3.8) is 0 Å². The fraction of sp³-hybridized carbons (Fsp3) is 0.545. The first kappa shape index (κ1) is 22.1. The Bertz CT molecular complexity index is 1060. The monoisotopic (exact) mass is 412 g/mol. The zero-order valence-electron chi connectivity index (χ0n) is 18.5. The van der Waals surface area contributed by atoms with Crippen molar-refractivity contribution in [2.45, 2.75) is 65.6 Å². The summed E-state index contributed by atoms with van der Waals surface area (Å²) in [5.74, 6) is 0.755. The van der Waals surface area contributed by atoms with E-state index in [1.165, 1.54) is 0 Å². The van der Waals surface area contributed by atoms with Crippen LogP contribution in [0.5, 0.6) is 0 Å². The van der Waals surface area contributed by atoms with Crippen molar-refractivity contribution in [2.24, 2.45) is 0 Å². The van der Waals surface area contributed by atoms with Gasteiger partial charge in [-0.15, -0.1) is 5.10 Å². The van der Waals surface area contributed by atoms with Gasteiger partial charge < -0.3 is 10.1 Å². The van der Waals surface area contributed by atoms with Gasteiger partial charge in [-0.25, -0.2) is 4.68 Å². The minimum absolute atomic E-state index is 0.0141. The fourth-order valence-corrected chi connectivity index (χ4v) is 3.77. The van der Waals surface area contributed by atoms with E-state index in [9.17, 15) is 9.90 Å². The number of aromatic amines is 1. The first-order chi connectivity index (χ1) is 14.3. The number of nitrogens with one attached hydrogen (secondary N) is 1. The maximum Gasteiger partial charge on any atom is 0.252 e. The molecule has 0 saturated carbocycles. The number of fused-ring (bicyclic) bond motifs is 1. The highest BCUT2D eigenvalue weighted by atomic mass is 16.3. The Hall–Kier alpha value is -2.58. The van der Waals surface area contributed by atoms with Crippen LogP contribution >= 0.6 is 0 Å². The number of H-pyrrole nitrogens is 1. The SMILES string of the molecule is CCC(c1nnnn1C(C)(C)CC)N(CCO)Cc1cc2cc(C)ccc2[nH]c1=O. The topological polar surface area (TPSA) is 99.9 Å². The number of benzene rings is 1. The molecule has 2 N–H and O–H groups in total. The van der Waals surface area contributed by atoms with Crippen LogP contribution in [0.3, 0.4) is 0 Å². The van der Waals surface area contributed by atoms with Crippen LogP contribution in [0.4, 0.5) is 0 Å². The Morgan fingerprint density at radius 2 is 2.03 bits per heavy atom. The van der Waals surface area contributed by atoms with Crippen LogP contribution in [0.25, 0.3) is 10.9 Å². The Labute approximate surface area is 176 Å². The molecule has 162 valence electrons. The molecule has 1 atom stereocenters. The first-order valence-corrected chi connectivity index (χ1v) is 10.6. The van der Waals surface area contributed by atoms with Gasteiger partial charge in [0.2, 0.25) is 0 Å². The van der Waals surface area contributed by atoms with Crippen LogP contribution in [0.1, 0.15) is 63.5 Å². The lowest BCUT2D eigenvalue weighted by Gasteiger charge is -2.32. The van der Waals surface area contributed by atoms with Gasteiger partial charge in [0, 0.05) is 24.2 Å². The molecule has 2 aromatic heterocycles. The summed E-state index contributed by atoms with van der Waals surface area (Å²) in [6.45, 7) is 11.2. The molecule has 0 amide bonds. The minimum Gasteiger partial charge on any atom is -0.395 e. The van der Waals surface area contributed by atoms with Crippen molar-refractivity contribution in [1.82, 2.24) is 30.1 Å². The smallest absolute Gasteiger partial charge is 0.252 e. The van der Waals surface area contributed by atoms with Gasteiger partial charge in [-0.05, 0) is 67.6 Å². The lowest BCUT2D eigenvalue weighted by Crippen LogP contribution is -2.37. The number of hydrogen-bond donors (Lipinski definition) is 2. The predicted molar refractivity (Wildman–Crippen MR) is 117 cm³/mol. The minimum atomic E-state index is -0.227. The lowest BCUT2D eigenvalue weighted by atomic mass is 10.0. The normalized spacial score (nSPS) is 13.3. The summed E-state index contributed by atoms with van der Waals surface area (Å²) in [4.78, 5) is 17.8. The van der Waals surface area contributed by atoms with E-state index in [4.69, 9.17) is 0 Å². The van der Waals surface area contributed by atoms with E-state index in [1.54, 1.807) is 0 Å². The quantitative estimate of drug-likeness (QED) is 0.561. The molecule has 3 rings (SSSR count). The van der Waals surface area contributed by atoms with Crippen molar-refractivity contribution in [2.75, 3.05) is 13.2 Å². The largest absolute Gasteiger partial charge is 0.395 e.